The smallest absolute Gasteiger partial charge is 0.251 e. The number of ether oxygens (including phenoxy) is 2. The zero-order chi connectivity index (χ0) is 17.3. The fourth-order valence-corrected chi connectivity index (χ4v) is 3.00. The first-order valence-electron chi connectivity index (χ1n) is 7.64. The average Bonchev–Trinajstić information content (AvgIpc) is 2.91. The van der Waals surface area contributed by atoms with Gasteiger partial charge < -0.3 is 14.4 Å². The lowest BCUT2D eigenvalue weighted by molar-refractivity contribution is -0.139. The minimum Gasteiger partial charge on any atom is -0.493 e. The standard InChI is InChI=1S/C16H19N3O5/c1-23-12-5-9-3-4-19(8-10(9)6-13(12)24-2)14(20)7-11-15(21)17-18-16(11)22/h5-6,11H,3-4,7-8H2,1-2H3,(H,17,21)(H,18,22). The third kappa shape index (κ3) is 2.86. The molecule has 0 atom stereocenters. The molecule has 1 aromatic rings. The Labute approximate surface area is 139 Å². The van der Waals surface area contributed by atoms with Crippen molar-refractivity contribution in [2.24, 2.45) is 5.92 Å². The molecule has 8 heteroatoms. The maximum Gasteiger partial charge on any atom is 0.251 e. The van der Waals surface area contributed by atoms with Crippen LogP contribution in [0, 0.1) is 5.92 Å². The van der Waals surface area contributed by atoms with Crippen molar-refractivity contribution in [2.75, 3.05) is 20.8 Å². The summed E-state index contributed by atoms with van der Waals surface area (Å²) in [5, 5.41) is 0. The van der Waals surface area contributed by atoms with Gasteiger partial charge >= 0.3 is 0 Å². The van der Waals surface area contributed by atoms with Gasteiger partial charge in [-0.05, 0) is 29.7 Å². The molecule has 24 heavy (non-hydrogen) atoms. The number of carbonyl (C=O) groups is 3. The summed E-state index contributed by atoms with van der Waals surface area (Å²) in [7, 11) is 3.15. The Bertz CT molecular complexity index is 687. The Hall–Kier alpha value is -2.77. The number of methoxy groups -OCH3 is 2. The van der Waals surface area contributed by atoms with Crippen molar-refractivity contribution in [1.29, 1.82) is 0 Å². The number of benzene rings is 1. The van der Waals surface area contributed by atoms with Crippen molar-refractivity contribution in [3.8, 4) is 11.5 Å². The summed E-state index contributed by atoms with van der Waals surface area (Å²) in [5.74, 6) is -0.818. The summed E-state index contributed by atoms with van der Waals surface area (Å²) in [4.78, 5) is 37.2. The number of nitrogens with one attached hydrogen (secondary N) is 2. The van der Waals surface area contributed by atoms with E-state index in [1.807, 2.05) is 12.1 Å². The van der Waals surface area contributed by atoms with Gasteiger partial charge in [-0.3, -0.25) is 25.2 Å². The van der Waals surface area contributed by atoms with Gasteiger partial charge in [0.1, 0.15) is 5.92 Å². The number of nitrogens with zero attached hydrogens (tertiary/aromatic N) is 1. The van der Waals surface area contributed by atoms with Crippen LogP contribution in [-0.4, -0.2) is 43.4 Å². The van der Waals surface area contributed by atoms with Crippen LogP contribution in [-0.2, 0) is 27.3 Å². The van der Waals surface area contributed by atoms with E-state index in [0.29, 0.717) is 31.0 Å². The number of hydrogen-bond acceptors (Lipinski definition) is 5. The van der Waals surface area contributed by atoms with Gasteiger partial charge in [0, 0.05) is 19.5 Å². The van der Waals surface area contributed by atoms with Crippen LogP contribution in [0.4, 0.5) is 0 Å². The Morgan fingerprint density at radius 3 is 2.29 bits per heavy atom. The van der Waals surface area contributed by atoms with Crippen molar-refractivity contribution >= 4 is 17.7 Å². The summed E-state index contributed by atoms with van der Waals surface area (Å²) < 4.78 is 10.6. The van der Waals surface area contributed by atoms with Gasteiger partial charge in [0.25, 0.3) is 11.8 Å². The van der Waals surface area contributed by atoms with Crippen LogP contribution in [0.2, 0.25) is 0 Å². The number of hydrogen-bond donors (Lipinski definition) is 2. The summed E-state index contributed by atoms with van der Waals surface area (Å²) >= 11 is 0. The molecule has 0 saturated carbocycles. The van der Waals surface area contributed by atoms with E-state index in [1.54, 1.807) is 19.1 Å². The third-order valence-corrected chi connectivity index (χ3v) is 4.39. The molecule has 3 amide bonds. The Morgan fingerprint density at radius 2 is 1.71 bits per heavy atom. The minimum atomic E-state index is -0.954. The molecule has 1 aromatic carbocycles. The van der Waals surface area contributed by atoms with Crippen molar-refractivity contribution in [1.82, 2.24) is 15.8 Å². The second-order valence-electron chi connectivity index (χ2n) is 5.78. The van der Waals surface area contributed by atoms with E-state index < -0.39 is 17.7 Å². The highest BCUT2D eigenvalue weighted by Gasteiger charge is 2.36. The molecular weight excluding hydrogens is 314 g/mol. The molecule has 0 radical (unpaired) electrons. The van der Waals surface area contributed by atoms with Crippen LogP contribution in [0.3, 0.4) is 0 Å². The Balaban J connectivity index is 1.73. The van der Waals surface area contributed by atoms with E-state index in [4.69, 9.17) is 9.47 Å². The first kappa shape index (κ1) is 16.1. The topological polar surface area (TPSA) is 97.0 Å². The SMILES string of the molecule is COc1cc2c(cc1OC)CN(C(=O)CC1C(=O)NNC1=O)CC2. The monoisotopic (exact) mass is 333 g/mol. The number of amides is 3. The quantitative estimate of drug-likeness (QED) is 0.741. The molecule has 1 fully saturated rings. The third-order valence-electron chi connectivity index (χ3n) is 4.39. The zero-order valence-electron chi connectivity index (χ0n) is 13.5. The predicted molar refractivity (Wildman–Crippen MR) is 83.1 cm³/mol. The number of fused-ring (bicyclic) bond motifs is 1. The van der Waals surface area contributed by atoms with Crippen molar-refractivity contribution in [2.45, 2.75) is 19.4 Å². The Morgan fingerprint density at radius 1 is 1.12 bits per heavy atom. The highest BCUT2D eigenvalue weighted by Crippen LogP contribution is 2.33. The lowest BCUT2D eigenvalue weighted by atomic mass is 9.97. The van der Waals surface area contributed by atoms with Crippen LogP contribution in [0.15, 0.2) is 12.1 Å². The molecule has 0 unspecified atom stereocenters. The molecule has 2 aliphatic heterocycles. The largest absolute Gasteiger partial charge is 0.493 e. The molecule has 2 aliphatic rings. The van der Waals surface area contributed by atoms with Gasteiger partial charge in [0.05, 0.1) is 14.2 Å². The lowest BCUT2D eigenvalue weighted by Gasteiger charge is -2.30. The molecule has 1 saturated heterocycles. The fraction of sp³-hybridized carbons (Fsp3) is 0.438. The second kappa shape index (κ2) is 6.38. The summed E-state index contributed by atoms with van der Waals surface area (Å²) in [6.07, 6.45) is 0.560. The van der Waals surface area contributed by atoms with Gasteiger partial charge in [-0.1, -0.05) is 0 Å². The number of carbonyl (C=O) groups excluding carboxylic acids is 3. The van der Waals surface area contributed by atoms with E-state index in [0.717, 1.165) is 11.1 Å². The van der Waals surface area contributed by atoms with Crippen molar-refractivity contribution < 1.29 is 23.9 Å². The normalized spacial score (nSPS) is 17.2. The zero-order valence-corrected chi connectivity index (χ0v) is 13.5. The minimum absolute atomic E-state index is 0.125. The predicted octanol–water partition coefficient (Wildman–Crippen LogP) is -0.244. The van der Waals surface area contributed by atoms with Gasteiger partial charge in [-0.15, -0.1) is 0 Å². The molecule has 2 N–H and O–H groups in total. The Kier molecular flexibility index (Phi) is 4.28. The van der Waals surface area contributed by atoms with Crippen LogP contribution in [0.1, 0.15) is 17.5 Å². The van der Waals surface area contributed by atoms with Gasteiger partial charge in [0.2, 0.25) is 5.91 Å². The van der Waals surface area contributed by atoms with Crippen molar-refractivity contribution in [3.05, 3.63) is 23.3 Å². The van der Waals surface area contributed by atoms with Crippen LogP contribution in [0.5, 0.6) is 11.5 Å². The molecule has 2 heterocycles. The van der Waals surface area contributed by atoms with Gasteiger partial charge in [-0.2, -0.15) is 0 Å². The molecule has 0 aromatic heterocycles. The van der Waals surface area contributed by atoms with E-state index >= 15 is 0 Å². The maximum absolute atomic E-state index is 12.4. The second-order valence-corrected chi connectivity index (χ2v) is 5.78. The van der Waals surface area contributed by atoms with Crippen LogP contribution in [0.25, 0.3) is 0 Å². The fourth-order valence-electron chi connectivity index (χ4n) is 3.00. The first-order chi connectivity index (χ1) is 11.5. The first-order valence-corrected chi connectivity index (χ1v) is 7.64. The van der Waals surface area contributed by atoms with Crippen molar-refractivity contribution in [3.63, 3.8) is 0 Å². The van der Waals surface area contributed by atoms with E-state index in [1.165, 1.54) is 0 Å². The molecule has 8 nitrogen and oxygen atoms in total. The van der Waals surface area contributed by atoms with Crippen LogP contribution < -0.4 is 20.3 Å². The lowest BCUT2D eigenvalue weighted by Crippen LogP contribution is -2.38. The molecule has 128 valence electrons. The highest BCUT2D eigenvalue weighted by molar-refractivity contribution is 6.07. The van der Waals surface area contributed by atoms with E-state index in [-0.39, 0.29) is 12.3 Å². The molecule has 3 rings (SSSR count). The molecule has 0 aliphatic carbocycles. The molecule has 0 spiro atoms. The molecular formula is C16H19N3O5. The van der Waals surface area contributed by atoms with E-state index in [9.17, 15) is 14.4 Å². The average molecular weight is 333 g/mol. The van der Waals surface area contributed by atoms with E-state index in [2.05, 4.69) is 10.9 Å². The van der Waals surface area contributed by atoms with Crippen LogP contribution >= 0.6 is 0 Å². The summed E-state index contributed by atoms with van der Waals surface area (Å²) in [6.45, 7) is 0.960. The summed E-state index contributed by atoms with van der Waals surface area (Å²) in [5.41, 5.74) is 6.55. The highest BCUT2D eigenvalue weighted by atomic mass is 16.5. The number of rotatable bonds is 4. The van der Waals surface area contributed by atoms with Gasteiger partial charge in [0.15, 0.2) is 11.5 Å². The van der Waals surface area contributed by atoms with Gasteiger partial charge in [-0.25, -0.2) is 0 Å². The summed E-state index contributed by atoms with van der Waals surface area (Å²) in [6, 6.07) is 3.79. The molecule has 0 bridgehead atoms. The maximum atomic E-state index is 12.4. The number of hydrazine groups is 1.